The Balaban J connectivity index is 2.71. The van der Waals surface area contributed by atoms with Gasteiger partial charge in [-0.25, -0.2) is 0 Å². The van der Waals surface area contributed by atoms with Crippen LogP contribution in [-0.4, -0.2) is 35.7 Å². The lowest BCUT2D eigenvalue weighted by Crippen LogP contribution is -2.40. The van der Waals surface area contributed by atoms with Crippen LogP contribution >= 0.6 is 11.8 Å². The maximum Gasteiger partial charge on any atom is 0.451 e. The first-order chi connectivity index (χ1) is 5.46. The first-order valence-electron chi connectivity index (χ1n) is 3.13. The van der Waals surface area contributed by atoms with Gasteiger partial charge in [-0.1, -0.05) is 0 Å². The van der Waals surface area contributed by atoms with E-state index in [9.17, 15) is 13.2 Å². The highest BCUT2D eigenvalue weighted by Crippen LogP contribution is 2.25. The molecule has 1 heterocycles. The quantitative estimate of drug-likeness (QED) is 0.684. The zero-order valence-corrected chi connectivity index (χ0v) is 7.33. The van der Waals surface area contributed by atoms with Gasteiger partial charge in [-0.3, -0.25) is 5.43 Å². The molecule has 0 saturated carbocycles. The molecule has 0 aliphatic carbocycles. The third-order valence-corrected chi connectivity index (χ3v) is 2.31. The molecule has 0 aromatic rings. The molecule has 0 spiro atoms. The second-order valence-corrected chi connectivity index (χ2v) is 3.18. The molecule has 0 radical (unpaired) electrons. The SMILES string of the molecule is CSC1NN=C(C(F)(F)F)N1C. The van der Waals surface area contributed by atoms with Crippen LogP contribution in [0.5, 0.6) is 0 Å². The molecule has 12 heavy (non-hydrogen) atoms. The predicted octanol–water partition coefficient (Wildman–Crippen LogP) is 1.04. The normalized spacial score (nSPS) is 23.9. The third kappa shape index (κ3) is 1.60. The van der Waals surface area contributed by atoms with Crippen LogP contribution in [-0.2, 0) is 0 Å². The highest BCUT2D eigenvalue weighted by atomic mass is 32.2. The van der Waals surface area contributed by atoms with Crippen molar-refractivity contribution in [2.24, 2.45) is 5.10 Å². The molecule has 70 valence electrons. The van der Waals surface area contributed by atoms with E-state index in [2.05, 4.69) is 10.5 Å². The standard InChI is InChI=1S/C5H8F3N3S/c1-11-3(5(6,7)8)9-10-4(11)12-2/h4,10H,1-2H3. The number of rotatable bonds is 1. The smallest absolute Gasteiger partial charge is 0.324 e. The van der Waals surface area contributed by atoms with E-state index in [1.807, 2.05) is 0 Å². The second-order valence-electron chi connectivity index (χ2n) is 2.26. The molecule has 0 bridgehead atoms. The average Bonchev–Trinajstić information content (AvgIpc) is 2.29. The molecule has 1 aliphatic heterocycles. The summed E-state index contributed by atoms with van der Waals surface area (Å²) in [7, 11) is 1.35. The van der Waals surface area contributed by atoms with Gasteiger partial charge in [0, 0.05) is 7.05 Å². The zero-order chi connectivity index (χ0) is 9.35. The summed E-state index contributed by atoms with van der Waals surface area (Å²) in [5, 5.41) is 3.19. The largest absolute Gasteiger partial charge is 0.451 e. The Labute approximate surface area is 72.0 Å². The minimum atomic E-state index is -4.37. The van der Waals surface area contributed by atoms with Crippen LogP contribution in [0.2, 0.25) is 0 Å². The van der Waals surface area contributed by atoms with E-state index in [4.69, 9.17) is 0 Å². The predicted molar refractivity (Wildman–Crippen MR) is 41.7 cm³/mol. The molecule has 0 aromatic carbocycles. The van der Waals surface area contributed by atoms with Gasteiger partial charge in [0.2, 0.25) is 5.84 Å². The summed E-state index contributed by atoms with van der Waals surface area (Å²) in [6, 6.07) is 0. The van der Waals surface area contributed by atoms with Crippen LogP contribution in [0.1, 0.15) is 0 Å². The molecular formula is C5H8F3N3S. The van der Waals surface area contributed by atoms with E-state index in [1.54, 1.807) is 6.26 Å². The van der Waals surface area contributed by atoms with E-state index in [-0.39, 0.29) is 0 Å². The lowest BCUT2D eigenvalue weighted by atomic mass is 10.5. The first kappa shape index (κ1) is 9.50. The van der Waals surface area contributed by atoms with Crippen molar-refractivity contribution in [3.63, 3.8) is 0 Å². The Morgan fingerprint density at radius 2 is 2.17 bits per heavy atom. The Morgan fingerprint density at radius 3 is 2.42 bits per heavy atom. The van der Waals surface area contributed by atoms with Crippen LogP contribution < -0.4 is 5.43 Å². The number of halogens is 3. The fraction of sp³-hybridized carbons (Fsp3) is 0.800. The van der Waals surface area contributed by atoms with Crippen LogP contribution in [0.15, 0.2) is 5.10 Å². The molecule has 1 atom stereocenters. The minimum Gasteiger partial charge on any atom is -0.324 e. The van der Waals surface area contributed by atoms with E-state index >= 15 is 0 Å². The van der Waals surface area contributed by atoms with Crippen molar-refractivity contribution in [1.29, 1.82) is 0 Å². The Morgan fingerprint density at radius 1 is 1.58 bits per heavy atom. The number of nitrogens with zero attached hydrogens (tertiary/aromatic N) is 2. The highest BCUT2D eigenvalue weighted by molar-refractivity contribution is 7.99. The highest BCUT2D eigenvalue weighted by Gasteiger charge is 2.43. The van der Waals surface area contributed by atoms with E-state index in [0.717, 1.165) is 4.90 Å². The van der Waals surface area contributed by atoms with E-state index < -0.39 is 17.5 Å². The molecule has 1 rings (SSSR count). The van der Waals surface area contributed by atoms with Gasteiger partial charge in [0.15, 0.2) is 5.50 Å². The molecule has 0 aromatic heterocycles. The Kier molecular flexibility index (Phi) is 2.41. The third-order valence-electron chi connectivity index (χ3n) is 1.44. The van der Waals surface area contributed by atoms with Gasteiger partial charge in [0.1, 0.15) is 0 Å². The van der Waals surface area contributed by atoms with Gasteiger partial charge in [-0.05, 0) is 6.26 Å². The molecule has 0 amide bonds. The maximum absolute atomic E-state index is 12.1. The number of hydrazone groups is 1. The van der Waals surface area contributed by atoms with Crippen molar-refractivity contribution < 1.29 is 13.2 Å². The van der Waals surface area contributed by atoms with Crippen LogP contribution in [0.4, 0.5) is 13.2 Å². The van der Waals surface area contributed by atoms with Crippen LogP contribution in [0.25, 0.3) is 0 Å². The Hall–Kier alpha value is -0.590. The Bertz CT molecular complexity index is 203. The summed E-state index contributed by atoms with van der Waals surface area (Å²) in [5.41, 5.74) is 1.95. The number of hydrogen-bond donors (Lipinski definition) is 1. The van der Waals surface area contributed by atoms with Gasteiger partial charge in [0.05, 0.1) is 0 Å². The number of alkyl halides is 3. The molecule has 1 aliphatic rings. The average molecular weight is 199 g/mol. The molecular weight excluding hydrogens is 191 g/mol. The van der Waals surface area contributed by atoms with Crippen molar-refractivity contribution in [3.8, 4) is 0 Å². The summed E-state index contributed by atoms with van der Waals surface area (Å²) in [5.74, 6) is -0.873. The fourth-order valence-electron chi connectivity index (χ4n) is 0.867. The lowest BCUT2D eigenvalue weighted by Gasteiger charge is -2.21. The molecule has 7 heteroatoms. The van der Waals surface area contributed by atoms with Crippen molar-refractivity contribution in [3.05, 3.63) is 0 Å². The molecule has 0 fully saturated rings. The molecule has 3 nitrogen and oxygen atoms in total. The maximum atomic E-state index is 12.1. The number of thioether (sulfide) groups is 1. The van der Waals surface area contributed by atoms with Gasteiger partial charge in [-0.15, -0.1) is 11.8 Å². The lowest BCUT2D eigenvalue weighted by molar-refractivity contribution is -0.0666. The van der Waals surface area contributed by atoms with Crippen molar-refractivity contribution in [1.82, 2.24) is 10.3 Å². The number of nitrogens with one attached hydrogen (secondary N) is 1. The summed E-state index contributed by atoms with van der Waals surface area (Å²) >= 11 is 1.26. The topological polar surface area (TPSA) is 27.6 Å². The van der Waals surface area contributed by atoms with Crippen molar-refractivity contribution in [2.45, 2.75) is 11.7 Å². The van der Waals surface area contributed by atoms with Crippen LogP contribution in [0, 0.1) is 0 Å². The monoisotopic (exact) mass is 199 g/mol. The summed E-state index contributed by atoms with van der Waals surface area (Å²) in [6.45, 7) is 0. The molecule has 1 unspecified atom stereocenters. The van der Waals surface area contributed by atoms with Crippen molar-refractivity contribution >= 4 is 17.6 Å². The van der Waals surface area contributed by atoms with Gasteiger partial charge < -0.3 is 4.90 Å². The van der Waals surface area contributed by atoms with Gasteiger partial charge in [0.25, 0.3) is 0 Å². The van der Waals surface area contributed by atoms with E-state index in [0.29, 0.717) is 0 Å². The number of hydrogen-bond acceptors (Lipinski definition) is 4. The summed E-state index contributed by atoms with van der Waals surface area (Å²) in [6.07, 6.45) is -2.66. The molecule has 1 N–H and O–H groups in total. The minimum absolute atomic E-state index is 0.415. The second kappa shape index (κ2) is 3.04. The fourth-order valence-corrected chi connectivity index (χ4v) is 1.44. The zero-order valence-electron chi connectivity index (χ0n) is 6.51. The van der Waals surface area contributed by atoms with Gasteiger partial charge in [-0.2, -0.15) is 18.3 Å². The first-order valence-corrected chi connectivity index (χ1v) is 4.41. The molecule has 0 saturated heterocycles. The summed E-state index contributed by atoms with van der Waals surface area (Å²) in [4.78, 5) is 1.06. The number of amidine groups is 1. The summed E-state index contributed by atoms with van der Waals surface area (Å²) < 4.78 is 36.3. The van der Waals surface area contributed by atoms with Gasteiger partial charge >= 0.3 is 6.18 Å². The van der Waals surface area contributed by atoms with E-state index in [1.165, 1.54) is 18.8 Å². The van der Waals surface area contributed by atoms with Crippen LogP contribution in [0.3, 0.4) is 0 Å². The van der Waals surface area contributed by atoms with Crippen molar-refractivity contribution in [2.75, 3.05) is 13.3 Å².